The van der Waals surface area contributed by atoms with Crippen LogP contribution >= 0.6 is 22.9 Å². The van der Waals surface area contributed by atoms with Crippen molar-refractivity contribution in [2.45, 2.75) is 6.42 Å². The first kappa shape index (κ1) is 16.7. The van der Waals surface area contributed by atoms with Gasteiger partial charge in [-0.05, 0) is 23.8 Å². The monoisotopic (exact) mass is 387 g/mol. The van der Waals surface area contributed by atoms with E-state index < -0.39 is 5.78 Å². The lowest BCUT2D eigenvalue weighted by molar-refractivity contribution is 0.103. The molecule has 0 saturated carbocycles. The highest BCUT2D eigenvalue weighted by molar-refractivity contribution is 7.11. The van der Waals surface area contributed by atoms with Gasteiger partial charge in [0, 0.05) is 18.0 Å². The molecule has 2 heterocycles. The van der Waals surface area contributed by atoms with Crippen molar-refractivity contribution in [2.75, 3.05) is 0 Å². The molecule has 0 aliphatic rings. The Bertz CT molecular complexity index is 1110. The van der Waals surface area contributed by atoms with Crippen molar-refractivity contribution in [1.29, 1.82) is 0 Å². The number of hydrogen-bond donors (Lipinski definition) is 2. The number of imidazole rings is 1. The average Bonchev–Trinajstić information content (AvgIpc) is 3.29. The molecule has 0 unspecified atom stereocenters. The van der Waals surface area contributed by atoms with Crippen molar-refractivity contribution >= 4 is 39.8 Å². The lowest BCUT2D eigenvalue weighted by Gasteiger charge is -2.03. The molecule has 2 aromatic heterocycles. The van der Waals surface area contributed by atoms with Gasteiger partial charge < -0.3 is 10.1 Å². The average molecular weight is 388 g/mol. The van der Waals surface area contributed by atoms with E-state index in [0.29, 0.717) is 17.8 Å². The highest BCUT2D eigenvalue weighted by atomic mass is 35.5. The molecule has 0 fully saturated rings. The second-order valence-electron chi connectivity index (χ2n) is 5.63. The minimum atomic E-state index is -0.413. The normalized spacial score (nSPS) is 11.2. The topological polar surface area (TPSA) is 78.9 Å². The number of carbonyl (C=O) groups excluding carboxylic acids is 1. The molecule has 0 spiro atoms. The summed E-state index contributed by atoms with van der Waals surface area (Å²) >= 11 is 7.46. The Balaban J connectivity index is 1.76. The van der Waals surface area contributed by atoms with Gasteiger partial charge in [-0.15, -0.1) is 11.3 Å². The van der Waals surface area contributed by atoms with Gasteiger partial charge in [0.15, 0.2) is 10.8 Å². The third-order valence-electron chi connectivity index (χ3n) is 3.90. The molecule has 8 heteroatoms. The van der Waals surface area contributed by atoms with E-state index in [2.05, 4.69) is 15.0 Å². The quantitative estimate of drug-likeness (QED) is 0.510. The van der Waals surface area contributed by atoms with E-state index in [-0.39, 0.29) is 32.7 Å². The van der Waals surface area contributed by atoms with Crippen LogP contribution in [0.25, 0.3) is 11.0 Å². The predicted octanol–water partition coefficient (Wildman–Crippen LogP) is 4.34. The number of carbonyl (C=O) groups is 1. The Kier molecular flexibility index (Phi) is 4.18. The minimum Gasteiger partial charge on any atom is -0.505 e. The van der Waals surface area contributed by atoms with Gasteiger partial charge in [0.25, 0.3) is 0 Å². The number of halogens is 2. The van der Waals surface area contributed by atoms with E-state index >= 15 is 0 Å². The van der Waals surface area contributed by atoms with Crippen LogP contribution in [0.1, 0.15) is 26.8 Å². The van der Waals surface area contributed by atoms with E-state index in [1.54, 1.807) is 17.5 Å². The largest absolute Gasteiger partial charge is 0.505 e. The summed E-state index contributed by atoms with van der Waals surface area (Å²) in [7, 11) is 0. The number of nitrogens with one attached hydrogen (secondary N) is 1. The van der Waals surface area contributed by atoms with E-state index in [4.69, 9.17) is 11.6 Å². The number of phenolic OH excluding ortho intramolecular Hbond substituents is 1. The smallest absolute Gasteiger partial charge is 0.225 e. The van der Waals surface area contributed by atoms with E-state index in [1.807, 2.05) is 0 Å². The molecule has 0 aliphatic carbocycles. The van der Waals surface area contributed by atoms with Gasteiger partial charge >= 0.3 is 0 Å². The summed E-state index contributed by atoms with van der Waals surface area (Å²) in [5.41, 5.74) is 1.56. The van der Waals surface area contributed by atoms with Crippen molar-refractivity contribution in [3.63, 3.8) is 0 Å². The molecule has 0 saturated heterocycles. The molecule has 2 N–H and O–H groups in total. The lowest BCUT2D eigenvalue weighted by atomic mass is 10.1. The van der Waals surface area contributed by atoms with Crippen LogP contribution in [0.15, 0.2) is 41.9 Å². The number of H-pyrrole nitrogens is 1. The van der Waals surface area contributed by atoms with Crippen LogP contribution in [-0.2, 0) is 6.42 Å². The first-order valence-electron chi connectivity index (χ1n) is 7.61. The number of benzene rings is 2. The molecule has 130 valence electrons. The highest BCUT2D eigenvalue weighted by Crippen LogP contribution is 2.34. The number of fused-ring (bicyclic) bond motifs is 1. The zero-order valence-corrected chi connectivity index (χ0v) is 14.7. The zero-order valence-electron chi connectivity index (χ0n) is 13.2. The molecule has 0 amide bonds. The van der Waals surface area contributed by atoms with E-state index in [9.17, 15) is 14.3 Å². The number of aromatic amines is 1. The fourth-order valence-corrected chi connectivity index (χ4v) is 3.50. The Morgan fingerprint density at radius 2 is 2.08 bits per heavy atom. The van der Waals surface area contributed by atoms with Crippen LogP contribution < -0.4 is 0 Å². The summed E-state index contributed by atoms with van der Waals surface area (Å²) in [5.74, 6) is -0.428. The van der Waals surface area contributed by atoms with E-state index in [1.165, 1.54) is 35.7 Å². The molecule has 5 nitrogen and oxygen atoms in total. The van der Waals surface area contributed by atoms with Crippen molar-refractivity contribution in [1.82, 2.24) is 15.0 Å². The third-order valence-corrected chi connectivity index (χ3v) is 4.97. The van der Waals surface area contributed by atoms with Gasteiger partial charge in [0.2, 0.25) is 5.78 Å². The van der Waals surface area contributed by atoms with Gasteiger partial charge in [0.1, 0.15) is 17.2 Å². The second-order valence-corrected chi connectivity index (χ2v) is 6.93. The second kappa shape index (κ2) is 6.51. The Morgan fingerprint density at radius 1 is 1.31 bits per heavy atom. The molecule has 26 heavy (non-hydrogen) atoms. The Labute approximate surface area is 156 Å². The summed E-state index contributed by atoms with van der Waals surface area (Å²) in [6.07, 6.45) is 1.92. The number of aromatic nitrogens is 3. The molecule has 0 aliphatic heterocycles. The molecular formula is C18H11ClFN3O2S. The Morgan fingerprint density at radius 3 is 2.77 bits per heavy atom. The predicted molar refractivity (Wildman–Crippen MR) is 97.5 cm³/mol. The molecule has 0 bridgehead atoms. The maximum Gasteiger partial charge on any atom is 0.225 e. The summed E-state index contributed by atoms with van der Waals surface area (Å²) in [6.45, 7) is 0. The van der Waals surface area contributed by atoms with Crippen LogP contribution in [0.2, 0.25) is 5.02 Å². The van der Waals surface area contributed by atoms with E-state index in [0.717, 1.165) is 5.56 Å². The number of rotatable bonds is 4. The molecule has 4 aromatic rings. The standard InChI is InChI=1S/C18H11ClFN3O2S/c19-12-8-11(17(25)18-21-5-6-26-18)16(24)15-14(12)22-13(23-15)7-9-1-3-10(20)4-2-9/h1-6,8,24H,7H2,(H,22,23). The van der Waals surface area contributed by atoms with Crippen molar-refractivity contribution in [2.24, 2.45) is 0 Å². The zero-order chi connectivity index (χ0) is 18.3. The molecular weight excluding hydrogens is 377 g/mol. The molecule has 0 atom stereocenters. The highest BCUT2D eigenvalue weighted by Gasteiger charge is 2.22. The molecule has 2 aromatic carbocycles. The number of ketones is 1. The lowest BCUT2D eigenvalue weighted by Crippen LogP contribution is -2.01. The van der Waals surface area contributed by atoms with Crippen molar-refractivity contribution in [3.8, 4) is 5.75 Å². The van der Waals surface area contributed by atoms with Gasteiger partial charge in [-0.25, -0.2) is 14.4 Å². The number of phenols is 1. The third kappa shape index (κ3) is 2.95. The van der Waals surface area contributed by atoms with Gasteiger partial charge in [-0.2, -0.15) is 0 Å². The van der Waals surface area contributed by atoms with Crippen LogP contribution in [0.4, 0.5) is 4.39 Å². The summed E-state index contributed by atoms with van der Waals surface area (Å²) < 4.78 is 13.0. The number of nitrogens with zero attached hydrogens (tertiary/aromatic N) is 2. The summed E-state index contributed by atoms with van der Waals surface area (Å²) in [5, 5.41) is 12.7. The van der Waals surface area contributed by atoms with Crippen LogP contribution in [0, 0.1) is 5.82 Å². The molecule has 0 radical (unpaired) electrons. The van der Waals surface area contributed by atoms with Gasteiger partial charge in [-0.3, -0.25) is 4.79 Å². The molecule has 4 rings (SSSR count). The maximum absolute atomic E-state index is 13.0. The van der Waals surface area contributed by atoms with Crippen LogP contribution in [0.3, 0.4) is 0 Å². The number of thiazole rings is 1. The van der Waals surface area contributed by atoms with Gasteiger partial charge in [0.05, 0.1) is 16.1 Å². The SMILES string of the molecule is O=C(c1nccs1)c1cc(Cl)c2[nH]c(Cc3ccc(F)cc3)nc2c1O. The van der Waals surface area contributed by atoms with Crippen molar-refractivity contribution < 1.29 is 14.3 Å². The first-order chi connectivity index (χ1) is 12.5. The van der Waals surface area contributed by atoms with Crippen molar-refractivity contribution in [3.05, 3.63) is 74.7 Å². The van der Waals surface area contributed by atoms with Gasteiger partial charge in [-0.1, -0.05) is 23.7 Å². The van der Waals surface area contributed by atoms with Crippen LogP contribution in [0.5, 0.6) is 5.75 Å². The first-order valence-corrected chi connectivity index (χ1v) is 8.87. The number of hydrogen-bond acceptors (Lipinski definition) is 5. The fourth-order valence-electron chi connectivity index (χ4n) is 2.66. The summed E-state index contributed by atoms with van der Waals surface area (Å²) in [4.78, 5) is 23.9. The van der Waals surface area contributed by atoms with Crippen LogP contribution in [-0.4, -0.2) is 25.8 Å². The minimum absolute atomic E-state index is 0.0530. The fraction of sp³-hybridized carbons (Fsp3) is 0.0556. The summed E-state index contributed by atoms with van der Waals surface area (Å²) in [6, 6.07) is 7.45. The Hall–Kier alpha value is -2.77. The number of aromatic hydroxyl groups is 1. The maximum atomic E-state index is 13.0.